The summed E-state index contributed by atoms with van der Waals surface area (Å²) < 4.78 is 5.34. The average Bonchev–Trinajstić information content (AvgIpc) is 2.48. The molecule has 0 saturated carbocycles. The first kappa shape index (κ1) is 15.8. The lowest BCUT2D eigenvalue weighted by Gasteiger charge is -2.11. The van der Waals surface area contributed by atoms with E-state index in [2.05, 4.69) is 20.6 Å². The van der Waals surface area contributed by atoms with E-state index < -0.39 is 0 Å². The van der Waals surface area contributed by atoms with Crippen LogP contribution in [0.3, 0.4) is 0 Å². The number of nitrogens with one attached hydrogen (secondary N) is 2. The summed E-state index contributed by atoms with van der Waals surface area (Å²) in [5, 5.41) is 7.29. The van der Waals surface area contributed by atoms with Crippen molar-refractivity contribution in [3.05, 3.63) is 40.1 Å². The van der Waals surface area contributed by atoms with Crippen molar-refractivity contribution in [3.63, 3.8) is 0 Å². The zero-order valence-electron chi connectivity index (χ0n) is 11.8. The van der Waals surface area contributed by atoms with E-state index in [1.807, 2.05) is 6.92 Å². The second-order valence-corrected chi connectivity index (χ2v) is 5.03. The van der Waals surface area contributed by atoms with E-state index in [0.29, 0.717) is 46.4 Å². The van der Waals surface area contributed by atoms with Gasteiger partial charge in [0.1, 0.15) is 18.2 Å². The molecule has 0 aliphatic heterocycles. The summed E-state index contributed by atoms with van der Waals surface area (Å²) in [6, 6.07) is 6.99. The molecule has 1 aromatic heterocycles. The first-order chi connectivity index (χ1) is 10.1. The molecule has 5 nitrogen and oxygen atoms in total. The zero-order chi connectivity index (χ0) is 15.2. The summed E-state index contributed by atoms with van der Waals surface area (Å²) in [6.07, 6.45) is 0. The molecule has 2 aromatic rings. The number of anilines is 3. The normalized spacial score (nSPS) is 10.5. The lowest BCUT2D eigenvalue weighted by Crippen LogP contribution is -2.05. The maximum absolute atomic E-state index is 6.14. The Bertz CT molecular complexity index is 622. The third-order valence-electron chi connectivity index (χ3n) is 2.66. The lowest BCUT2D eigenvalue weighted by molar-refractivity contribution is 0.128. The minimum atomic E-state index is 0.351. The van der Waals surface area contributed by atoms with Crippen LogP contribution in [-0.4, -0.2) is 23.6 Å². The fourth-order valence-electron chi connectivity index (χ4n) is 1.68. The van der Waals surface area contributed by atoms with Gasteiger partial charge in [0, 0.05) is 24.7 Å². The quantitative estimate of drug-likeness (QED) is 0.836. The van der Waals surface area contributed by atoms with E-state index in [1.165, 1.54) is 0 Å². The molecule has 2 N–H and O–H groups in total. The van der Waals surface area contributed by atoms with Crippen LogP contribution < -0.4 is 10.6 Å². The predicted molar refractivity (Wildman–Crippen MR) is 86.7 cm³/mol. The highest BCUT2D eigenvalue weighted by Crippen LogP contribution is 2.28. The average molecular weight is 327 g/mol. The molecule has 1 aromatic carbocycles. The Morgan fingerprint density at radius 2 is 1.90 bits per heavy atom. The number of benzene rings is 1. The molecule has 112 valence electrons. The Hall–Kier alpha value is -1.56. The Morgan fingerprint density at radius 3 is 2.62 bits per heavy atom. The second-order valence-electron chi connectivity index (χ2n) is 4.19. The van der Waals surface area contributed by atoms with Gasteiger partial charge in [-0.15, -0.1) is 0 Å². The Kier molecular flexibility index (Phi) is 5.61. The molecule has 7 heteroatoms. The molecular formula is C14H16Cl2N4O. The second kappa shape index (κ2) is 7.45. The molecule has 0 bridgehead atoms. The zero-order valence-corrected chi connectivity index (χ0v) is 13.3. The van der Waals surface area contributed by atoms with Crippen LogP contribution >= 0.6 is 23.2 Å². The van der Waals surface area contributed by atoms with Gasteiger partial charge in [0.15, 0.2) is 5.82 Å². The minimum Gasteiger partial charge on any atom is -0.374 e. The van der Waals surface area contributed by atoms with Crippen molar-refractivity contribution in [1.29, 1.82) is 0 Å². The molecule has 0 radical (unpaired) electrons. The van der Waals surface area contributed by atoms with Gasteiger partial charge in [-0.3, -0.25) is 0 Å². The topological polar surface area (TPSA) is 59.1 Å². The molecule has 0 amide bonds. The fourth-order valence-corrected chi connectivity index (χ4v) is 2.02. The molecule has 0 aliphatic rings. The number of rotatable bonds is 6. The van der Waals surface area contributed by atoms with Crippen molar-refractivity contribution in [3.8, 4) is 0 Å². The molecule has 1 heterocycles. The van der Waals surface area contributed by atoms with Crippen LogP contribution in [0, 0.1) is 0 Å². The van der Waals surface area contributed by atoms with Gasteiger partial charge in [-0.2, -0.15) is 0 Å². The van der Waals surface area contributed by atoms with Crippen molar-refractivity contribution in [1.82, 2.24) is 9.97 Å². The van der Waals surface area contributed by atoms with E-state index in [0.717, 1.165) is 0 Å². The van der Waals surface area contributed by atoms with Gasteiger partial charge in [-0.1, -0.05) is 23.2 Å². The van der Waals surface area contributed by atoms with Crippen molar-refractivity contribution >= 4 is 40.5 Å². The number of nitrogens with zero attached hydrogens (tertiary/aromatic N) is 2. The van der Waals surface area contributed by atoms with Gasteiger partial charge in [0.2, 0.25) is 0 Å². The summed E-state index contributed by atoms with van der Waals surface area (Å²) in [7, 11) is 1.79. The third-order valence-corrected chi connectivity index (χ3v) is 3.22. The van der Waals surface area contributed by atoms with Crippen LogP contribution in [0.2, 0.25) is 10.0 Å². The van der Waals surface area contributed by atoms with Gasteiger partial charge in [-0.05, 0) is 25.1 Å². The van der Waals surface area contributed by atoms with E-state index >= 15 is 0 Å². The van der Waals surface area contributed by atoms with E-state index in [-0.39, 0.29) is 0 Å². The largest absolute Gasteiger partial charge is 0.374 e. The Morgan fingerprint density at radius 1 is 1.14 bits per heavy atom. The molecule has 0 spiro atoms. The molecule has 21 heavy (non-hydrogen) atoms. The fraction of sp³-hybridized carbons (Fsp3) is 0.286. The van der Waals surface area contributed by atoms with Crippen LogP contribution in [-0.2, 0) is 11.3 Å². The highest BCUT2D eigenvalue weighted by Gasteiger charge is 2.07. The van der Waals surface area contributed by atoms with Crippen LogP contribution in [0.5, 0.6) is 0 Å². The van der Waals surface area contributed by atoms with Crippen molar-refractivity contribution in [2.45, 2.75) is 13.5 Å². The molecule has 0 atom stereocenters. The summed E-state index contributed by atoms with van der Waals surface area (Å²) in [5.74, 6) is 1.90. The molecule has 2 rings (SSSR count). The molecule has 0 aliphatic carbocycles. The lowest BCUT2D eigenvalue weighted by atomic mass is 10.3. The van der Waals surface area contributed by atoms with Crippen molar-refractivity contribution in [2.24, 2.45) is 0 Å². The SMILES string of the molecule is CCOCc1nc(NC)cc(Nc2cc(Cl)ccc2Cl)n1. The Balaban J connectivity index is 2.27. The first-order valence-corrected chi connectivity index (χ1v) is 7.23. The predicted octanol–water partition coefficient (Wildman–Crippen LogP) is 4.11. The van der Waals surface area contributed by atoms with Crippen LogP contribution in [0.15, 0.2) is 24.3 Å². The van der Waals surface area contributed by atoms with Gasteiger partial charge in [0.25, 0.3) is 0 Å². The number of aromatic nitrogens is 2. The first-order valence-electron chi connectivity index (χ1n) is 6.48. The van der Waals surface area contributed by atoms with Crippen LogP contribution in [0.25, 0.3) is 0 Å². The van der Waals surface area contributed by atoms with Crippen LogP contribution in [0.4, 0.5) is 17.3 Å². The summed E-state index contributed by atoms with van der Waals surface area (Å²) in [5.41, 5.74) is 0.687. The monoisotopic (exact) mass is 326 g/mol. The molecule has 0 unspecified atom stereocenters. The van der Waals surface area contributed by atoms with Gasteiger partial charge >= 0.3 is 0 Å². The molecule has 0 fully saturated rings. The minimum absolute atomic E-state index is 0.351. The maximum atomic E-state index is 6.14. The van der Waals surface area contributed by atoms with Gasteiger partial charge < -0.3 is 15.4 Å². The highest BCUT2D eigenvalue weighted by molar-refractivity contribution is 6.35. The van der Waals surface area contributed by atoms with E-state index in [4.69, 9.17) is 27.9 Å². The number of hydrogen-bond acceptors (Lipinski definition) is 5. The number of hydrogen-bond donors (Lipinski definition) is 2. The summed E-state index contributed by atoms with van der Waals surface area (Å²) >= 11 is 12.1. The van der Waals surface area contributed by atoms with Gasteiger partial charge in [0.05, 0.1) is 10.7 Å². The third kappa shape index (κ3) is 4.46. The van der Waals surface area contributed by atoms with E-state index in [1.54, 1.807) is 31.3 Å². The van der Waals surface area contributed by atoms with Crippen molar-refractivity contribution < 1.29 is 4.74 Å². The number of ether oxygens (including phenoxy) is 1. The van der Waals surface area contributed by atoms with E-state index in [9.17, 15) is 0 Å². The maximum Gasteiger partial charge on any atom is 0.158 e. The standard InChI is InChI=1S/C14H16Cl2N4O/c1-3-21-8-14-19-12(17-2)7-13(20-14)18-11-6-9(15)4-5-10(11)16/h4-7H,3,8H2,1-2H3,(H2,17,18,19,20). The summed E-state index contributed by atoms with van der Waals surface area (Å²) in [4.78, 5) is 8.72. The molecule has 0 saturated heterocycles. The molecular weight excluding hydrogens is 311 g/mol. The van der Waals surface area contributed by atoms with Crippen molar-refractivity contribution in [2.75, 3.05) is 24.3 Å². The van der Waals surface area contributed by atoms with Gasteiger partial charge in [-0.25, -0.2) is 9.97 Å². The Labute approximate surface area is 133 Å². The van der Waals surface area contributed by atoms with Crippen LogP contribution in [0.1, 0.15) is 12.7 Å². The smallest absolute Gasteiger partial charge is 0.158 e. The summed E-state index contributed by atoms with van der Waals surface area (Å²) in [6.45, 7) is 2.88. The highest BCUT2D eigenvalue weighted by atomic mass is 35.5. The number of halogens is 2.